The molecule has 0 aliphatic rings. The van der Waals surface area contributed by atoms with E-state index in [0.29, 0.717) is 0 Å². The van der Waals surface area contributed by atoms with Crippen LogP contribution in [0.5, 0.6) is 0 Å². The fourth-order valence-corrected chi connectivity index (χ4v) is 2.26. The number of benzene rings is 1. The van der Waals surface area contributed by atoms with Crippen molar-refractivity contribution in [3.8, 4) is 0 Å². The third-order valence-electron chi connectivity index (χ3n) is 3.11. The van der Waals surface area contributed by atoms with Crippen molar-refractivity contribution in [1.29, 1.82) is 0 Å². The molecule has 0 amide bonds. The topological polar surface area (TPSA) is 25.2 Å². The predicted molar refractivity (Wildman–Crippen MR) is 67.6 cm³/mol. The van der Waals surface area contributed by atoms with Gasteiger partial charge in [-0.05, 0) is 39.3 Å². The lowest BCUT2D eigenvalue weighted by Crippen LogP contribution is -2.15. The molecule has 0 radical (unpaired) electrons. The Kier molecular flexibility index (Phi) is 2.55. The fraction of sp³-hybridized carbons (Fsp3) is 0.429. The van der Waals surface area contributed by atoms with Crippen LogP contribution >= 0.6 is 0 Å². The summed E-state index contributed by atoms with van der Waals surface area (Å²) in [5.41, 5.74) is 2.66. The first kappa shape index (κ1) is 11.2. The fourth-order valence-electron chi connectivity index (χ4n) is 2.26. The standard InChI is InChI=1S/C14H19NO/c1-5-15-9-11(14(3,4)16)13-10(2)7-6-8-12(13)15/h6-9,16H,5H2,1-4H3. The minimum absolute atomic E-state index is 0.787. The molecule has 16 heavy (non-hydrogen) atoms. The molecule has 2 rings (SSSR count). The van der Waals surface area contributed by atoms with Gasteiger partial charge in [0.1, 0.15) is 0 Å². The third kappa shape index (κ3) is 1.63. The Morgan fingerprint density at radius 2 is 2.00 bits per heavy atom. The molecule has 0 bridgehead atoms. The Hall–Kier alpha value is -1.28. The molecule has 0 aliphatic heterocycles. The molecule has 1 heterocycles. The Bertz CT molecular complexity index is 517. The van der Waals surface area contributed by atoms with Crippen LogP contribution in [-0.2, 0) is 12.1 Å². The first-order valence-corrected chi connectivity index (χ1v) is 5.76. The minimum Gasteiger partial charge on any atom is -0.386 e. The number of nitrogens with zero attached hydrogens (tertiary/aromatic N) is 1. The molecule has 0 saturated heterocycles. The van der Waals surface area contributed by atoms with Gasteiger partial charge >= 0.3 is 0 Å². The molecule has 1 aromatic heterocycles. The second-order valence-electron chi connectivity index (χ2n) is 4.86. The zero-order valence-electron chi connectivity index (χ0n) is 10.4. The average molecular weight is 217 g/mol. The second-order valence-corrected chi connectivity index (χ2v) is 4.86. The van der Waals surface area contributed by atoms with Crippen LogP contribution in [-0.4, -0.2) is 9.67 Å². The van der Waals surface area contributed by atoms with Crippen molar-refractivity contribution < 1.29 is 5.11 Å². The lowest BCUT2D eigenvalue weighted by atomic mass is 9.96. The summed E-state index contributed by atoms with van der Waals surface area (Å²) >= 11 is 0. The van der Waals surface area contributed by atoms with Crippen LogP contribution in [0.4, 0.5) is 0 Å². The number of rotatable bonds is 2. The van der Waals surface area contributed by atoms with Gasteiger partial charge in [-0.15, -0.1) is 0 Å². The highest BCUT2D eigenvalue weighted by Crippen LogP contribution is 2.32. The SMILES string of the molecule is CCn1cc(C(C)(C)O)c2c(C)cccc21. The summed E-state index contributed by atoms with van der Waals surface area (Å²) < 4.78 is 2.19. The Labute approximate surface area is 96.5 Å². The van der Waals surface area contributed by atoms with Gasteiger partial charge in [-0.1, -0.05) is 12.1 Å². The normalized spacial score (nSPS) is 12.3. The van der Waals surface area contributed by atoms with Crippen molar-refractivity contribution in [1.82, 2.24) is 4.57 Å². The van der Waals surface area contributed by atoms with Gasteiger partial charge in [0.25, 0.3) is 0 Å². The van der Waals surface area contributed by atoms with E-state index < -0.39 is 5.60 Å². The monoisotopic (exact) mass is 217 g/mol. The van der Waals surface area contributed by atoms with Crippen molar-refractivity contribution >= 4 is 10.9 Å². The van der Waals surface area contributed by atoms with Gasteiger partial charge in [-0.25, -0.2) is 0 Å². The van der Waals surface area contributed by atoms with E-state index in [-0.39, 0.29) is 0 Å². The Morgan fingerprint density at radius 1 is 1.31 bits per heavy atom. The van der Waals surface area contributed by atoms with Crippen molar-refractivity contribution in [2.75, 3.05) is 0 Å². The van der Waals surface area contributed by atoms with E-state index in [1.54, 1.807) is 0 Å². The molecule has 2 aromatic rings. The molecule has 0 fully saturated rings. The maximum Gasteiger partial charge on any atom is 0.0861 e. The smallest absolute Gasteiger partial charge is 0.0861 e. The summed E-state index contributed by atoms with van der Waals surface area (Å²) in [5, 5.41) is 11.4. The van der Waals surface area contributed by atoms with Crippen LogP contribution in [0.25, 0.3) is 10.9 Å². The summed E-state index contributed by atoms with van der Waals surface area (Å²) in [7, 11) is 0. The average Bonchev–Trinajstić information content (AvgIpc) is 2.57. The maximum absolute atomic E-state index is 10.2. The number of aryl methyl sites for hydroxylation is 2. The number of aliphatic hydroxyl groups is 1. The van der Waals surface area contributed by atoms with E-state index in [9.17, 15) is 5.11 Å². The quantitative estimate of drug-likeness (QED) is 0.821. The van der Waals surface area contributed by atoms with Gasteiger partial charge in [0.2, 0.25) is 0 Å². The first-order chi connectivity index (χ1) is 7.45. The van der Waals surface area contributed by atoms with E-state index in [1.807, 2.05) is 13.8 Å². The van der Waals surface area contributed by atoms with Gasteiger partial charge in [0, 0.05) is 29.2 Å². The van der Waals surface area contributed by atoms with Gasteiger partial charge < -0.3 is 9.67 Å². The largest absolute Gasteiger partial charge is 0.386 e. The number of hydrogen-bond donors (Lipinski definition) is 1. The van der Waals surface area contributed by atoms with Crippen molar-refractivity contribution in [3.05, 3.63) is 35.5 Å². The van der Waals surface area contributed by atoms with Crippen LogP contribution in [0.1, 0.15) is 31.9 Å². The lowest BCUT2D eigenvalue weighted by molar-refractivity contribution is 0.0799. The van der Waals surface area contributed by atoms with E-state index in [0.717, 1.165) is 12.1 Å². The molecule has 0 saturated carbocycles. The molecular formula is C14H19NO. The van der Waals surface area contributed by atoms with Gasteiger partial charge in [0.15, 0.2) is 0 Å². The van der Waals surface area contributed by atoms with E-state index >= 15 is 0 Å². The molecule has 2 nitrogen and oxygen atoms in total. The summed E-state index contributed by atoms with van der Waals surface area (Å²) in [5.74, 6) is 0. The van der Waals surface area contributed by atoms with Gasteiger partial charge in [0.05, 0.1) is 5.60 Å². The predicted octanol–water partition coefficient (Wildman–Crippen LogP) is 3.20. The molecule has 2 heteroatoms. The molecule has 86 valence electrons. The lowest BCUT2D eigenvalue weighted by Gasteiger charge is -2.16. The van der Waals surface area contributed by atoms with Gasteiger partial charge in [-0.2, -0.15) is 0 Å². The number of hydrogen-bond acceptors (Lipinski definition) is 1. The molecule has 1 N–H and O–H groups in total. The molecular weight excluding hydrogens is 198 g/mol. The number of aromatic nitrogens is 1. The van der Waals surface area contributed by atoms with Crippen LogP contribution < -0.4 is 0 Å². The molecule has 0 aliphatic carbocycles. The molecule has 0 atom stereocenters. The van der Waals surface area contributed by atoms with Crippen LogP contribution in [0.3, 0.4) is 0 Å². The number of fused-ring (bicyclic) bond motifs is 1. The summed E-state index contributed by atoms with van der Waals surface area (Å²) in [6.07, 6.45) is 2.07. The summed E-state index contributed by atoms with van der Waals surface area (Å²) in [6.45, 7) is 8.83. The van der Waals surface area contributed by atoms with Crippen LogP contribution in [0, 0.1) is 6.92 Å². The molecule has 0 unspecified atom stereocenters. The highest BCUT2D eigenvalue weighted by molar-refractivity contribution is 5.88. The van der Waals surface area contributed by atoms with Gasteiger partial charge in [-0.3, -0.25) is 0 Å². The second kappa shape index (κ2) is 3.63. The molecule has 0 spiro atoms. The third-order valence-corrected chi connectivity index (χ3v) is 3.11. The maximum atomic E-state index is 10.2. The van der Waals surface area contributed by atoms with Crippen LogP contribution in [0.15, 0.2) is 24.4 Å². The first-order valence-electron chi connectivity index (χ1n) is 5.76. The summed E-state index contributed by atoms with van der Waals surface area (Å²) in [6, 6.07) is 6.27. The Balaban J connectivity index is 2.85. The van der Waals surface area contributed by atoms with Crippen molar-refractivity contribution in [3.63, 3.8) is 0 Å². The van der Waals surface area contributed by atoms with E-state index in [1.165, 1.54) is 16.5 Å². The van der Waals surface area contributed by atoms with Crippen molar-refractivity contribution in [2.24, 2.45) is 0 Å². The van der Waals surface area contributed by atoms with Crippen LogP contribution in [0.2, 0.25) is 0 Å². The highest BCUT2D eigenvalue weighted by Gasteiger charge is 2.22. The van der Waals surface area contributed by atoms with E-state index in [4.69, 9.17) is 0 Å². The zero-order valence-corrected chi connectivity index (χ0v) is 10.4. The zero-order chi connectivity index (χ0) is 11.9. The Morgan fingerprint density at radius 3 is 2.56 bits per heavy atom. The van der Waals surface area contributed by atoms with E-state index in [2.05, 4.69) is 42.8 Å². The van der Waals surface area contributed by atoms with Crippen molar-refractivity contribution in [2.45, 2.75) is 39.8 Å². The molecule has 1 aromatic carbocycles. The minimum atomic E-state index is -0.787. The summed E-state index contributed by atoms with van der Waals surface area (Å²) in [4.78, 5) is 0. The highest BCUT2D eigenvalue weighted by atomic mass is 16.3.